The molecule has 3 heterocycles. The van der Waals surface area contributed by atoms with Gasteiger partial charge in [-0.2, -0.15) is 0 Å². The molecular weight excluding hydrogens is 417 g/mol. The highest BCUT2D eigenvalue weighted by Gasteiger charge is 2.27. The second kappa shape index (κ2) is 8.80. The first-order valence-electron chi connectivity index (χ1n) is 9.19. The van der Waals surface area contributed by atoms with Crippen molar-refractivity contribution in [2.24, 2.45) is 0 Å². The van der Waals surface area contributed by atoms with E-state index in [4.69, 9.17) is 4.74 Å². The van der Waals surface area contributed by atoms with Crippen molar-refractivity contribution in [3.63, 3.8) is 0 Å². The molecule has 4 rings (SSSR count). The first-order chi connectivity index (χ1) is 14.5. The van der Waals surface area contributed by atoms with Crippen LogP contribution in [0.2, 0.25) is 0 Å². The smallest absolute Gasteiger partial charge is 0.275 e. The van der Waals surface area contributed by atoms with E-state index in [1.54, 1.807) is 0 Å². The standard InChI is InChI=1S/C20H17F3N4O2S/c21-11-2-1-3-12(22)18(11)20-27-15(10-30-20)19(28)26-14-9-25-7-5-17(14)29-16-4-6-24-8-13(16)23/h1-3,5,7,9-10,13,16,24H,4,6,8H2,(H,26,28)/t13-,16-/m1/s1. The number of halogens is 3. The van der Waals surface area contributed by atoms with Crippen molar-refractivity contribution < 1.29 is 22.7 Å². The topological polar surface area (TPSA) is 76.1 Å². The molecule has 30 heavy (non-hydrogen) atoms. The van der Waals surface area contributed by atoms with Crippen molar-refractivity contribution in [2.45, 2.75) is 18.7 Å². The lowest BCUT2D eigenvalue weighted by molar-refractivity contribution is 0.0735. The molecule has 0 bridgehead atoms. The minimum Gasteiger partial charge on any atom is -0.485 e. The number of carbonyl (C=O) groups is 1. The third kappa shape index (κ3) is 4.29. The van der Waals surface area contributed by atoms with E-state index in [1.807, 2.05) is 0 Å². The number of aromatic nitrogens is 2. The van der Waals surface area contributed by atoms with Gasteiger partial charge < -0.3 is 15.4 Å². The minimum atomic E-state index is -1.17. The van der Waals surface area contributed by atoms with E-state index >= 15 is 0 Å². The SMILES string of the molecule is O=C(Nc1cnccc1O[C@@H]1CCNC[C@H]1F)c1csc(-c2c(F)cccc2F)n1. The average Bonchev–Trinajstić information content (AvgIpc) is 3.21. The van der Waals surface area contributed by atoms with Gasteiger partial charge >= 0.3 is 0 Å². The monoisotopic (exact) mass is 434 g/mol. The fourth-order valence-electron chi connectivity index (χ4n) is 3.05. The Labute approximate surface area is 174 Å². The molecule has 10 heteroatoms. The van der Waals surface area contributed by atoms with Crippen LogP contribution in [0.1, 0.15) is 16.9 Å². The molecule has 0 saturated carbocycles. The van der Waals surface area contributed by atoms with Crippen LogP contribution < -0.4 is 15.4 Å². The summed E-state index contributed by atoms with van der Waals surface area (Å²) < 4.78 is 47.7. The number of benzene rings is 1. The number of alkyl halides is 1. The summed E-state index contributed by atoms with van der Waals surface area (Å²) in [5.41, 5.74) is -0.0515. The van der Waals surface area contributed by atoms with E-state index < -0.39 is 29.8 Å². The number of carbonyl (C=O) groups excluding carboxylic acids is 1. The second-order valence-electron chi connectivity index (χ2n) is 6.63. The van der Waals surface area contributed by atoms with Gasteiger partial charge in [0.1, 0.15) is 46.0 Å². The maximum absolute atomic E-state index is 14.1. The number of pyridine rings is 1. The molecule has 1 amide bonds. The molecule has 1 fully saturated rings. The van der Waals surface area contributed by atoms with Gasteiger partial charge in [0.05, 0.1) is 11.8 Å². The summed E-state index contributed by atoms with van der Waals surface area (Å²) in [6.45, 7) is 0.831. The Bertz CT molecular complexity index is 1040. The van der Waals surface area contributed by atoms with Gasteiger partial charge in [0, 0.05) is 24.2 Å². The van der Waals surface area contributed by atoms with Crippen LogP contribution in [-0.4, -0.2) is 41.2 Å². The lowest BCUT2D eigenvalue weighted by Crippen LogP contribution is -2.44. The van der Waals surface area contributed by atoms with Crippen LogP contribution in [-0.2, 0) is 0 Å². The average molecular weight is 434 g/mol. The maximum Gasteiger partial charge on any atom is 0.275 e. The Morgan fingerprint density at radius 2 is 2.07 bits per heavy atom. The Hall–Kier alpha value is -2.98. The Balaban J connectivity index is 1.52. The maximum atomic E-state index is 14.1. The number of amides is 1. The third-order valence-electron chi connectivity index (χ3n) is 4.57. The fraction of sp³-hybridized carbons (Fsp3) is 0.250. The molecule has 2 N–H and O–H groups in total. The van der Waals surface area contributed by atoms with Crippen LogP contribution >= 0.6 is 11.3 Å². The van der Waals surface area contributed by atoms with Crippen molar-refractivity contribution in [2.75, 3.05) is 18.4 Å². The molecule has 2 aromatic heterocycles. The predicted octanol–water partition coefficient (Wildman–Crippen LogP) is 3.81. The summed E-state index contributed by atoms with van der Waals surface area (Å²) >= 11 is 0.947. The first-order valence-corrected chi connectivity index (χ1v) is 10.1. The lowest BCUT2D eigenvalue weighted by atomic mass is 10.1. The summed E-state index contributed by atoms with van der Waals surface area (Å²) in [4.78, 5) is 20.6. The molecule has 0 spiro atoms. The quantitative estimate of drug-likeness (QED) is 0.639. The van der Waals surface area contributed by atoms with E-state index in [9.17, 15) is 18.0 Å². The van der Waals surface area contributed by atoms with Crippen LogP contribution in [0.3, 0.4) is 0 Å². The number of nitrogens with one attached hydrogen (secondary N) is 2. The molecule has 1 aliphatic heterocycles. The largest absolute Gasteiger partial charge is 0.485 e. The van der Waals surface area contributed by atoms with Crippen molar-refractivity contribution in [1.29, 1.82) is 0 Å². The van der Waals surface area contributed by atoms with E-state index in [2.05, 4.69) is 20.6 Å². The second-order valence-corrected chi connectivity index (χ2v) is 7.48. The molecule has 156 valence electrons. The van der Waals surface area contributed by atoms with Crippen molar-refractivity contribution in [3.05, 3.63) is 59.4 Å². The van der Waals surface area contributed by atoms with Crippen LogP contribution in [0.15, 0.2) is 42.0 Å². The summed E-state index contributed by atoms with van der Waals surface area (Å²) in [6, 6.07) is 5.03. The molecule has 0 radical (unpaired) electrons. The third-order valence-corrected chi connectivity index (χ3v) is 5.43. The van der Waals surface area contributed by atoms with Crippen LogP contribution in [0.25, 0.3) is 10.6 Å². The number of hydrogen-bond acceptors (Lipinski definition) is 6. The minimum absolute atomic E-state index is 0.0160. The molecule has 6 nitrogen and oxygen atoms in total. The van der Waals surface area contributed by atoms with Gasteiger partial charge in [0.2, 0.25) is 0 Å². The number of piperidine rings is 1. The van der Waals surface area contributed by atoms with E-state index in [-0.39, 0.29) is 34.2 Å². The Morgan fingerprint density at radius 1 is 1.27 bits per heavy atom. The molecule has 1 saturated heterocycles. The number of ether oxygens (including phenoxy) is 1. The highest BCUT2D eigenvalue weighted by atomic mass is 32.1. The zero-order valence-corrected chi connectivity index (χ0v) is 16.4. The first kappa shape index (κ1) is 20.3. The Morgan fingerprint density at radius 3 is 2.83 bits per heavy atom. The number of rotatable bonds is 5. The molecule has 3 aromatic rings. The van der Waals surface area contributed by atoms with Crippen LogP contribution in [0, 0.1) is 11.6 Å². The number of thiazole rings is 1. The van der Waals surface area contributed by atoms with Crippen LogP contribution in [0.5, 0.6) is 5.75 Å². The zero-order chi connectivity index (χ0) is 21.1. The van der Waals surface area contributed by atoms with Crippen molar-refractivity contribution in [1.82, 2.24) is 15.3 Å². The van der Waals surface area contributed by atoms with Gasteiger partial charge in [0.15, 0.2) is 0 Å². The van der Waals surface area contributed by atoms with E-state index in [1.165, 1.54) is 29.9 Å². The molecule has 1 aromatic carbocycles. The predicted molar refractivity (Wildman–Crippen MR) is 106 cm³/mol. The number of nitrogens with zero attached hydrogens (tertiary/aromatic N) is 2. The number of anilines is 1. The van der Waals surface area contributed by atoms with E-state index in [0.29, 0.717) is 13.0 Å². The van der Waals surface area contributed by atoms with E-state index in [0.717, 1.165) is 23.5 Å². The van der Waals surface area contributed by atoms with Crippen LogP contribution in [0.4, 0.5) is 18.9 Å². The van der Waals surface area contributed by atoms with Crippen molar-refractivity contribution >= 4 is 22.9 Å². The van der Waals surface area contributed by atoms with Gasteiger partial charge in [0.25, 0.3) is 5.91 Å². The van der Waals surface area contributed by atoms with Gasteiger partial charge in [-0.15, -0.1) is 11.3 Å². The summed E-state index contributed by atoms with van der Waals surface area (Å²) in [5.74, 6) is -1.85. The van der Waals surface area contributed by atoms with Gasteiger partial charge in [-0.05, 0) is 25.1 Å². The fourth-order valence-corrected chi connectivity index (χ4v) is 3.90. The van der Waals surface area contributed by atoms with Gasteiger partial charge in [-0.1, -0.05) is 6.07 Å². The van der Waals surface area contributed by atoms with Gasteiger partial charge in [-0.25, -0.2) is 18.2 Å². The zero-order valence-electron chi connectivity index (χ0n) is 15.6. The number of hydrogen-bond donors (Lipinski definition) is 2. The summed E-state index contributed by atoms with van der Waals surface area (Å²) in [5, 5.41) is 7.01. The van der Waals surface area contributed by atoms with Gasteiger partial charge in [-0.3, -0.25) is 9.78 Å². The normalized spacial score (nSPS) is 18.8. The van der Waals surface area contributed by atoms with Crippen molar-refractivity contribution in [3.8, 4) is 16.3 Å². The molecule has 0 unspecified atom stereocenters. The molecule has 1 aliphatic rings. The molecule has 2 atom stereocenters. The summed E-state index contributed by atoms with van der Waals surface area (Å²) in [6.07, 6.45) is 1.53. The summed E-state index contributed by atoms with van der Waals surface area (Å²) in [7, 11) is 0. The molecule has 0 aliphatic carbocycles. The lowest BCUT2D eigenvalue weighted by Gasteiger charge is -2.28. The Kier molecular flexibility index (Phi) is 5.96. The molecular formula is C20H17F3N4O2S. The highest BCUT2D eigenvalue weighted by Crippen LogP contribution is 2.30. The highest BCUT2D eigenvalue weighted by molar-refractivity contribution is 7.13.